The predicted octanol–water partition coefficient (Wildman–Crippen LogP) is 5.27. The minimum Gasteiger partial charge on any atom is -0.434 e. The van der Waals surface area contributed by atoms with Crippen molar-refractivity contribution in [2.45, 2.75) is 31.1 Å². The lowest BCUT2D eigenvalue weighted by molar-refractivity contribution is -0.385. The highest BCUT2D eigenvalue weighted by atomic mass is 32.1. The molecule has 0 saturated carbocycles. The maximum absolute atomic E-state index is 14.8. The molecule has 3 aromatic rings. The van der Waals surface area contributed by atoms with Crippen molar-refractivity contribution in [2.24, 2.45) is 5.92 Å². The molecule has 1 fully saturated rings. The number of ether oxygens (including phenoxy) is 1. The number of urea groups is 1. The summed E-state index contributed by atoms with van der Waals surface area (Å²) in [6, 6.07) is 8.28. The van der Waals surface area contributed by atoms with Gasteiger partial charge in [-0.05, 0) is 23.1 Å². The van der Waals surface area contributed by atoms with E-state index in [0.29, 0.717) is 12.1 Å². The van der Waals surface area contributed by atoms with Crippen molar-refractivity contribution < 1.29 is 46.3 Å². The number of Topliss-reactive ketones (excluding diaryl/α,β-unsaturated/α-hetero) is 1. The number of amides is 2. The molecular formula is C24H18F5N3O6S. The Bertz CT molecular complexity index is 1370. The maximum atomic E-state index is 14.8. The Kier molecular flexibility index (Phi) is 7.57. The van der Waals surface area contributed by atoms with Crippen molar-refractivity contribution in [1.29, 1.82) is 0 Å². The highest BCUT2D eigenvalue weighted by Crippen LogP contribution is 2.50. The van der Waals surface area contributed by atoms with Crippen LogP contribution in [0.25, 0.3) is 0 Å². The van der Waals surface area contributed by atoms with Gasteiger partial charge in [-0.25, -0.2) is 4.79 Å². The normalized spacial score (nSPS) is 21.5. The third kappa shape index (κ3) is 5.27. The molecule has 1 aromatic heterocycles. The third-order valence-corrected chi connectivity index (χ3v) is 6.99. The summed E-state index contributed by atoms with van der Waals surface area (Å²) in [6.45, 7) is -4.30. The lowest BCUT2D eigenvalue weighted by Gasteiger charge is -2.51. The van der Waals surface area contributed by atoms with E-state index in [0.717, 1.165) is 17.4 Å². The lowest BCUT2D eigenvalue weighted by Crippen LogP contribution is -2.73. The van der Waals surface area contributed by atoms with Gasteiger partial charge in [-0.1, -0.05) is 36.4 Å². The number of hydrogen-bond acceptors (Lipinski definition) is 7. The lowest BCUT2D eigenvalue weighted by atomic mass is 9.77. The number of non-ortho nitro benzene ring substituents is 1. The van der Waals surface area contributed by atoms with E-state index >= 15 is 0 Å². The van der Waals surface area contributed by atoms with E-state index in [1.54, 1.807) is 6.07 Å². The molecule has 9 nitrogen and oxygen atoms in total. The van der Waals surface area contributed by atoms with E-state index in [2.05, 4.69) is 10.1 Å². The van der Waals surface area contributed by atoms with Gasteiger partial charge in [-0.15, -0.1) is 11.3 Å². The number of ketones is 1. The molecule has 39 heavy (non-hydrogen) atoms. The van der Waals surface area contributed by atoms with Crippen molar-refractivity contribution in [2.75, 3.05) is 0 Å². The summed E-state index contributed by atoms with van der Waals surface area (Å²) in [5.41, 5.74) is -5.47. The van der Waals surface area contributed by atoms with E-state index < -0.39 is 70.8 Å². The molecule has 15 heteroatoms. The van der Waals surface area contributed by atoms with Gasteiger partial charge < -0.3 is 15.2 Å². The molecule has 0 spiro atoms. The summed E-state index contributed by atoms with van der Waals surface area (Å²) in [5.74, 6) is -4.71. The van der Waals surface area contributed by atoms with Crippen LogP contribution in [0.2, 0.25) is 0 Å². The van der Waals surface area contributed by atoms with Crippen LogP contribution in [0.1, 0.15) is 26.8 Å². The van der Waals surface area contributed by atoms with Gasteiger partial charge in [-0.3, -0.25) is 19.8 Å². The van der Waals surface area contributed by atoms with Gasteiger partial charge in [0.1, 0.15) is 11.7 Å². The van der Waals surface area contributed by atoms with Crippen molar-refractivity contribution in [3.05, 3.63) is 92.2 Å². The quantitative estimate of drug-likeness (QED) is 0.164. The van der Waals surface area contributed by atoms with Crippen LogP contribution in [0.3, 0.4) is 0 Å². The van der Waals surface area contributed by atoms with E-state index in [1.165, 1.54) is 41.8 Å². The molecule has 4 rings (SSSR count). The second-order valence-electron chi connectivity index (χ2n) is 8.40. The molecule has 1 aliphatic rings. The summed E-state index contributed by atoms with van der Waals surface area (Å²) in [6.07, 6.45) is -5.65. The van der Waals surface area contributed by atoms with Crippen LogP contribution in [0.5, 0.6) is 5.75 Å². The number of carbonyl (C=O) groups is 2. The van der Waals surface area contributed by atoms with Crippen LogP contribution in [0.15, 0.2) is 66.0 Å². The Labute approximate surface area is 220 Å². The third-order valence-electron chi connectivity index (χ3n) is 6.11. The molecule has 0 radical (unpaired) electrons. The molecule has 2 heterocycles. The summed E-state index contributed by atoms with van der Waals surface area (Å²) in [7, 11) is 0. The van der Waals surface area contributed by atoms with Gasteiger partial charge >= 0.3 is 18.8 Å². The molecule has 3 unspecified atom stereocenters. The van der Waals surface area contributed by atoms with Crippen molar-refractivity contribution in [3.8, 4) is 5.75 Å². The number of benzene rings is 2. The highest BCUT2D eigenvalue weighted by molar-refractivity contribution is 7.12. The van der Waals surface area contributed by atoms with Crippen LogP contribution < -0.4 is 10.1 Å². The largest absolute Gasteiger partial charge is 0.437 e. The number of nitro benzene ring substituents is 1. The summed E-state index contributed by atoms with van der Waals surface area (Å²) in [4.78, 5) is 37.0. The molecule has 0 bridgehead atoms. The Morgan fingerprint density at radius 2 is 1.87 bits per heavy atom. The number of nitrogens with zero attached hydrogens (tertiary/aromatic N) is 2. The molecule has 2 aromatic carbocycles. The average Bonchev–Trinajstić information content (AvgIpc) is 3.41. The Morgan fingerprint density at radius 3 is 2.44 bits per heavy atom. The van der Waals surface area contributed by atoms with E-state index in [1.807, 2.05) is 0 Å². The van der Waals surface area contributed by atoms with Gasteiger partial charge in [0.15, 0.2) is 5.78 Å². The first-order valence-corrected chi connectivity index (χ1v) is 11.9. The number of nitrogens with one attached hydrogen (secondary N) is 1. The molecule has 2 amide bonds. The topological polar surface area (TPSA) is 122 Å². The van der Waals surface area contributed by atoms with Crippen LogP contribution in [0, 0.1) is 16.0 Å². The van der Waals surface area contributed by atoms with Crippen LogP contribution in [-0.4, -0.2) is 45.3 Å². The number of halogens is 5. The first-order valence-electron chi connectivity index (χ1n) is 11.1. The molecule has 0 aliphatic carbocycles. The molecule has 2 N–H and O–H groups in total. The summed E-state index contributed by atoms with van der Waals surface area (Å²) < 4.78 is 75.2. The SMILES string of the molecule is O=C(c1cccs1)C1C(c2cc([N+](=O)[O-])ccc2OC(F)F)NC(=O)N(Cc2ccccc2)C1(O)C(F)(F)F. The summed E-state index contributed by atoms with van der Waals surface area (Å²) >= 11 is 0.743. The monoisotopic (exact) mass is 571 g/mol. The smallest absolute Gasteiger partial charge is 0.434 e. The molecule has 1 aliphatic heterocycles. The number of hydrogen-bond donors (Lipinski definition) is 2. The highest BCUT2D eigenvalue weighted by Gasteiger charge is 2.70. The predicted molar refractivity (Wildman–Crippen MR) is 126 cm³/mol. The zero-order chi connectivity index (χ0) is 28.5. The Hall–Kier alpha value is -4.11. The first-order chi connectivity index (χ1) is 18.3. The standard InChI is InChI=1S/C24H18F5N3O6S/c25-21(26)38-16-9-8-14(32(36)37)11-15(16)19-18(20(33)17-7-4-10-39-17)23(35,24(27,28)29)31(22(34)30-19)12-13-5-2-1-3-6-13/h1-11,18-19,21,35H,12H2,(H,30,34). The molecule has 1 saturated heterocycles. The first kappa shape index (κ1) is 27.9. The fourth-order valence-electron chi connectivity index (χ4n) is 4.40. The van der Waals surface area contributed by atoms with Gasteiger partial charge in [0.25, 0.3) is 11.4 Å². The fraction of sp³-hybridized carbons (Fsp3) is 0.250. The molecular weight excluding hydrogens is 553 g/mol. The van der Waals surface area contributed by atoms with E-state index in [-0.39, 0.29) is 15.3 Å². The van der Waals surface area contributed by atoms with E-state index in [9.17, 15) is 46.8 Å². The number of thiophene rings is 1. The average molecular weight is 571 g/mol. The van der Waals surface area contributed by atoms with Crippen LogP contribution >= 0.6 is 11.3 Å². The summed E-state index contributed by atoms with van der Waals surface area (Å²) in [5, 5.41) is 26.4. The van der Waals surface area contributed by atoms with Crippen molar-refractivity contribution in [1.82, 2.24) is 10.2 Å². The van der Waals surface area contributed by atoms with E-state index in [4.69, 9.17) is 0 Å². The maximum Gasteiger partial charge on any atom is 0.437 e. The van der Waals surface area contributed by atoms with Gasteiger partial charge in [0, 0.05) is 17.7 Å². The molecule has 206 valence electrons. The Balaban J connectivity index is 1.97. The number of carbonyl (C=O) groups excluding carboxylic acids is 2. The number of nitro groups is 1. The second kappa shape index (κ2) is 10.6. The van der Waals surface area contributed by atoms with Crippen LogP contribution in [-0.2, 0) is 6.54 Å². The van der Waals surface area contributed by atoms with Crippen molar-refractivity contribution in [3.63, 3.8) is 0 Å². The van der Waals surface area contributed by atoms with Gasteiger partial charge in [0.2, 0.25) is 0 Å². The van der Waals surface area contributed by atoms with Gasteiger partial charge in [0.05, 0.1) is 22.4 Å². The fourth-order valence-corrected chi connectivity index (χ4v) is 5.10. The number of rotatable bonds is 8. The zero-order valence-electron chi connectivity index (χ0n) is 19.5. The number of aliphatic hydroxyl groups is 1. The molecule has 3 atom stereocenters. The van der Waals surface area contributed by atoms with Crippen molar-refractivity contribution >= 4 is 28.8 Å². The minimum absolute atomic E-state index is 0.0278. The number of alkyl halides is 5. The van der Waals surface area contributed by atoms with Gasteiger partial charge in [-0.2, -0.15) is 22.0 Å². The Morgan fingerprint density at radius 1 is 1.18 bits per heavy atom. The minimum atomic E-state index is -5.65. The second-order valence-corrected chi connectivity index (χ2v) is 9.35. The van der Waals surface area contributed by atoms with Crippen LogP contribution in [0.4, 0.5) is 32.4 Å². The zero-order valence-corrected chi connectivity index (χ0v) is 20.3.